The van der Waals surface area contributed by atoms with Gasteiger partial charge >= 0.3 is 0 Å². The van der Waals surface area contributed by atoms with Crippen LogP contribution < -0.4 is 5.32 Å². The summed E-state index contributed by atoms with van der Waals surface area (Å²) in [5.74, 6) is -0.341. The molecule has 2 rings (SSSR count). The smallest absolute Gasteiger partial charge is 0.142 e. The average Bonchev–Trinajstić information content (AvgIpc) is 2.81. The lowest BCUT2D eigenvalue weighted by molar-refractivity contribution is 0.260. The van der Waals surface area contributed by atoms with Gasteiger partial charge in [-0.3, -0.25) is 4.90 Å². The Hall–Kier alpha value is -0.640. The van der Waals surface area contributed by atoms with Crippen molar-refractivity contribution in [3.05, 3.63) is 34.6 Å². The Labute approximate surface area is 113 Å². The van der Waals surface area contributed by atoms with Gasteiger partial charge in [0.05, 0.1) is 5.02 Å². The van der Waals surface area contributed by atoms with Crippen molar-refractivity contribution in [2.24, 2.45) is 0 Å². The fourth-order valence-corrected chi connectivity index (χ4v) is 2.69. The molecular formula is C14H20ClFN2. The van der Waals surface area contributed by atoms with Gasteiger partial charge in [-0.25, -0.2) is 4.39 Å². The van der Waals surface area contributed by atoms with Crippen LogP contribution in [0.4, 0.5) is 4.39 Å². The van der Waals surface area contributed by atoms with Gasteiger partial charge in [0.15, 0.2) is 0 Å². The Morgan fingerprint density at radius 1 is 1.50 bits per heavy atom. The molecule has 0 radical (unpaired) electrons. The Balaban J connectivity index is 1.79. The molecule has 100 valence electrons. The molecule has 0 aromatic heterocycles. The summed E-state index contributed by atoms with van der Waals surface area (Å²) in [6.45, 7) is 6.19. The molecule has 1 saturated heterocycles. The van der Waals surface area contributed by atoms with Crippen LogP contribution in [0.25, 0.3) is 0 Å². The van der Waals surface area contributed by atoms with Crippen molar-refractivity contribution in [2.45, 2.75) is 32.4 Å². The van der Waals surface area contributed by atoms with Crippen LogP contribution in [0.1, 0.15) is 25.3 Å². The first-order chi connectivity index (χ1) is 8.70. The normalized spacial score (nSPS) is 20.5. The molecule has 1 aliphatic heterocycles. The van der Waals surface area contributed by atoms with Crippen LogP contribution in [0.15, 0.2) is 18.2 Å². The Kier molecular flexibility index (Phi) is 4.98. The predicted octanol–water partition coefficient (Wildman–Crippen LogP) is 3.05. The molecule has 1 unspecified atom stereocenters. The fourth-order valence-electron chi connectivity index (χ4n) is 2.58. The van der Waals surface area contributed by atoms with E-state index >= 15 is 0 Å². The average molecular weight is 271 g/mol. The maximum absolute atomic E-state index is 13.3. The number of rotatable bonds is 5. The van der Waals surface area contributed by atoms with Crippen LogP contribution in [0, 0.1) is 5.82 Å². The summed E-state index contributed by atoms with van der Waals surface area (Å²) in [5, 5.41) is 3.59. The molecule has 2 nitrogen and oxygen atoms in total. The first kappa shape index (κ1) is 13.8. The van der Waals surface area contributed by atoms with Crippen molar-refractivity contribution < 1.29 is 4.39 Å². The summed E-state index contributed by atoms with van der Waals surface area (Å²) in [5.41, 5.74) is 0.943. The maximum atomic E-state index is 13.3. The number of nitrogens with one attached hydrogen (secondary N) is 1. The van der Waals surface area contributed by atoms with E-state index in [0.717, 1.165) is 18.7 Å². The van der Waals surface area contributed by atoms with E-state index in [-0.39, 0.29) is 10.8 Å². The van der Waals surface area contributed by atoms with Crippen LogP contribution >= 0.6 is 11.6 Å². The fraction of sp³-hybridized carbons (Fsp3) is 0.571. The molecule has 0 spiro atoms. The molecular weight excluding hydrogens is 251 g/mol. The highest BCUT2D eigenvalue weighted by Gasteiger charge is 2.21. The Bertz CT molecular complexity index is 397. The van der Waals surface area contributed by atoms with Crippen LogP contribution in [-0.2, 0) is 6.54 Å². The molecule has 0 bridgehead atoms. The number of benzene rings is 1. The van der Waals surface area contributed by atoms with Gasteiger partial charge in [0.2, 0.25) is 0 Å². The lowest BCUT2D eigenvalue weighted by atomic mass is 10.2. The summed E-state index contributed by atoms with van der Waals surface area (Å²) < 4.78 is 13.3. The molecule has 1 aromatic rings. The van der Waals surface area contributed by atoms with Crippen LogP contribution in [0.3, 0.4) is 0 Å². The van der Waals surface area contributed by atoms with Gasteiger partial charge in [-0.2, -0.15) is 0 Å². The number of likely N-dealkylation sites (tertiary alicyclic amines) is 1. The Morgan fingerprint density at radius 2 is 2.33 bits per heavy atom. The third-order valence-corrected chi connectivity index (χ3v) is 3.90. The maximum Gasteiger partial charge on any atom is 0.142 e. The van der Waals surface area contributed by atoms with Gasteiger partial charge in [-0.05, 0) is 43.6 Å². The second-order valence-corrected chi connectivity index (χ2v) is 5.21. The minimum absolute atomic E-state index is 0.187. The standard InChI is InChI=1S/C14H20ClFN2/c1-2-18-7-3-4-12(18)10-17-9-11-5-6-13(15)14(16)8-11/h5-6,8,12,17H,2-4,7,9-10H2,1H3. The van der Waals surface area contributed by atoms with Crippen LogP contribution in [0.5, 0.6) is 0 Å². The molecule has 18 heavy (non-hydrogen) atoms. The van der Waals surface area contributed by atoms with E-state index in [9.17, 15) is 4.39 Å². The molecule has 1 heterocycles. The summed E-state index contributed by atoms with van der Waals surface area (Å²) in [7, 11) is 0. The summed E-state index contributed by atoms with van der Waals surface area (Å²) in [6, 6.07) is 5.61. The van der Waals surface area contributed by atoms with Gasteiger partial charge in [-0.1, -0.05) is 24.6 Å². The van der Waals surface area contributed by atoms with Crippen molar-refractivity contribution in [1.82, 2.24) is 10.2 Å². The van der Waals surface area contributed by atoms with Crippen molar-refractivity contribution in [2.75, 3.05) is 19.6 Å². The van der Waals surface area contributed by atoms with E-state index in [1.165, 1.54) is 25.5 Å². The van der Waals surface area contributed by atoms with Crippen molar-refractivity contribution in [1.29, 1.82) is 0 Å². The van der Waals surface area contributed by atoms with Crippen LogP contribution in [0.2, 0.25) is 5.02 Å². The third kappa shape index (κ3) is 3.44. The molecule has 1 aliphatic rings. The van der Waals surface area contributed by atoms with Gasteiger partial charge in [0, 0.05) is 19.1 Å². The van der Waals surface area contributed by atoms with Crippen LogP contribution in [-0.4, -0.2) is 30.6 Å². The zero-order chi connectivity index (χ0) is 13.0. The zero-order valence-electron chi connectivity index (χ0n) is 10.8. The van der Waals surface area contributed by atoms with Gasteiger partial charge in [-0.15, -0.1) is 0 Å². The molecule has 1 N–H and O–H groups in total. The minimum Gasteiger partial charge on any atom is -0.311 e. The molecule has 1 aromatic carbocycles. The third-order valence-electron chi connectivity index (χ3n) is 3.60. The largest absolute Gasteiger partial charge is 0.311 e. The van der Waals surface area contributed by atoms with Gasteiger partial charge < -0.3 is 5.32 Å². The molecule has 0 aliphatic carbocycles. The topological polar surface area (TPSA) is 15.3 Å². The summed E-state index contributed by atoms with van der Waals surface area (Å²) in [6.07, 6.45) is 2.55. The first-order valence-electron chi connectivity index (χ1n) is 6.59. The monoisotopic (exact) mass is 270 g/mol. The Morgan fingerprint density at radius 3 is 3.06 bits per heavy atom. The number of halogens is 2. The minimum atomic E-state index is -0.341. The van der Waals surface area contributed by atoms with E-state index < -0.39 is 0 Å². The molecule has 0 saturated carbocycles. The SMILES string of the molecule is CCN1CCCC1CNCc1ccc(Cl)c(F)c1. The summed E-state index contributed by atoms with van der Waals surface area (Å²) >= 11 is 5.65. The van der Waals surface area contributed by atoms with E-state index in [1.807, 2.05) is 6.07 Å². The number of nitrogens with zero attached hydrogens (tertiary/aromatic N) is 1. The molecule has 1 fully saturated rings. The highest BCUT2D eigenvalue weighted by molar-refractivity contribution is 6.30. The number of likely N-dealkylation sites (N-methyl/N-ethyl adjacent to an activating group) is 1. The lowest BCUT2D eigenvalue weighted by Gasteiger charge is -2.23. The predicted molar refractivity (Wildman–Crippen MR) is 73.4 cm³/mol. The van der Waals surface area contributed by atoms with Crippen molar-refractivity contribution in [3.63, 3.8) is 0 Å². The lowest BCUT2D eigenvalue weighted by Crippen LogP contribution is -2.37. The van der Waals surface area contributed by atoms with Crippen molar-refractivity contribution in [3.8, 4) is 0 Å². The highest BCUT2D eigenvalue weighted by Crippen LogP contribution is 2.17. The zero-order valence-corrected chi connectivity index (χ0v) is 11.5. The van der Waals surface area contributed by atoms with E-state index in [2.05, 4.69) is 17.1 Å². The quantitative estimate of drug-likeness (QED) is 0.885. The number of hydrogen-bond acceptors (Lipinski definition) is 2. The molecule has 4 heteroatoms. The molecule has 1 atom stereocenters. The van der Waals surface area contributed by atoms with E-state index in [1.54, 1.807) is 6.07 Å². The molecule has 0 amide bonds. The second-order valence-electron chi connectivity index (χ2n) is 4.80. The first-order valence-corrected chi connectivity index (χ1v) is 6.97. The van der Waals surface area contributed by atoms with Gasteiger partial charge in [0.1, 0.15) is 5.82 Å². The number of hydrogen-bond donors (Lipinski definition) is 1. The second kappa shape index (κ2) is 6.50. The van der Waals surface area contributed by atoms with Gasteiger partial charge in [0.25, 0.3) is 0 Å². The van der Waals surface area contributed by atoms with Crippen molar-refractivity contribution >= 4 is 11.6 Å². The highest BCUT2D eigenvalue weighted by atomic mass is 35.5. The van der Waals surface area contributed by atoms with E-state index in [4.69, 9.17) is 11.6 Å². The van der Waals surface area contributed by atoms with E-state index in [0.29, 0.717) is 12.6 Å². The summed E-state index contributed by atoms with van der Waals surface area (Å²) in [4.78, 5) is 2.50.